The molecule has 2 amide bonds. The molecule has 1 fully saturated rings. The number of amides is 2. The molecule has 0 radical (unpaired) electrons. The molecular formula is C16H21ClN2O2. The Morgan fingerprint density at radius 2 is 2.10 bits per heavy atom. The summed E-state index contributed by atoms with van der Waals surface area (Å²) in [5, 5.41) is 6.10. The molecule has 0 unspecified atom stereocenters. The predicted octanol–water partition coefficient (Wildman–Crippen LogP) is 4.48. The van der Waals surface area contributed by atoms with Crippen LogP contribution >= 0.6 is 11.6 Å². The van der Waals surface area contributed by atoms with Gasteiger partial charge in [-0.3, -0.25) is 0 Å². The lowest BCUT2D eigenvalue weighted by Crippen LogP contribution is -2.24. The number of allylic oxidation sites excluding steroid dienone is 1. The van der Waals surface area contributed by atoms with Crippen LogP contribution in [-0.4, -0.2) is 13.1 Å². The molecule has 1 aliphatic rings. The van der Waals surface area contributed by atoms with Crippen LogP contribution in [-0.2, 0) is 0 Å². The minimum absolute atomic E-state index is 0.288. The van der Waals surface area contributed by atoms with Crippen molar-refractivity contribution in [1.29, 1.82) is 0 Å². The van der Waals surface area contributed by atoms with E-state index >= 15 is 0 Å². The van der Waals surface area contributed by atoms with Gasteiger partial charge in [0.25, 0.3) is 0 Å². The molecule has 1 aromatic rings. The lowest BCUT2D eigenvalue weighted by Gasteiger charge is -2.12. The maximum Gasteiger partial charge on any atom is 0.323 e. The summed E-state index contributed by atoms with van der Waals surface area (Å²) in [6.07, 6.45) is 8.77. The van der Waals surface area contributed by atoms with Gasteiger partial charge in [-0.2, -0.15) is 0 Å². The molecule has 1 saturated carbocycles. The fourth-order valence-corrected chi connectivity index (χ4v) is 2.65. The van der Waals surface area contributed by atoms with Crippen LogP contribution in [0.3, 0.4) is 0 Å². The largest absolute Gasteiger partial charge is 0.495 e. The second kappa shape index (κ2) is 7.36. The fraction of sp³-hybridized carbons (Fsp3) is 0.438. The summed E-state index contributed by atoms with van der Waals surface area (Å²) in [5.74, 6) is 1.14. The molecule has 1 aliphatic carbocycles. The number of halogens is 1. The van der Waals surface area contributed by atoms with Crippen molar-refractivity contribution in [3.63, 3.8) is 0 Å². The van der Waals surface area contributed by atoms with E-state index in [2.05, 4.69) is 16.7 Å². The molecule has 0 spiro atoms. The molecule has 0 atom stereocenters. The molecule has 1 aromatic carbocycles. The molecule has 0 aromatic heterocycles. The molecule has 114 valence electrons. The number of hydrogen-bond donors (Lipinski definition) is 2. The second-order valence-electron chi connectivity index (χ2n) is 5.30. The van der Waals surface area contributed by atoms with E-state index in [1.165, 1.54) is 25.7 Å². The fourth-order valence-electron chi connectivity index (χ4n) is 2.50. The zero-order valence-electron chi connectivity index (χ0n) is 12.4. The highest BCUT2D eigenvalue weighted by molar-refractivity contribution is 6.31. The predicted molar refractivity (Wildman–Crippen MR) is 86.0 cm³/mol. The van der Waals surface area contributed by atoms with Crippen LogP contribution in [0.5, 0.6) is 5.75 Å². The minimum Gasteiger partial charge on any atom is -0.495 e. The summed E-state index contributed by atoms with van der Waals surface area (Å²) < 4.78 is 5.22. The lowest BCUT2D eigenvalue weighted by molar-refractivity contribution is 0.255. The first-order valence-electron chi connectivity index (χ1n) is 7.18. The van der Waals surface area contributed by atoms with E-state index in [9.17, 15) is 4.79 Å². The van der Waals surface area contributed by atoms with E-state index in [4.69, 9.17) is 16.3 Å². The summed E-state index contributed by atoms with van der Waals surface area (Å²) in [6.45, 7) is 1.88. The first kappa shape index (κ1) is 15.7. The topological polar surface area (TPSA) is 50.4 Å². The quantitative estimate of drug-likeness (QED) is 0.861. The van der Waals surface area contributed by atoms with E-state index < -0.39 is 0 Å². The number of ether oxygens (including phenoxy) is 1. The monoisotopic (exact) mass is 308 g/mol. The zero-order chi connectivity index (χ0) is 15.2. The van der Waals surface area contributed by atoms with Gasteiger partial charge in [0.1, 0.15) is 5.75 Å². The number of benzene rings is 1. The Hall–Kier alpha value is -1.68. The zero-order valence-corrected chi connectivity index (χ0v) is 13.2. The van der Waals surface area contributed by atoms with Crippen molar-refractivity contribution in [3.8, 4) is 5.75 Å². The van der Waals surface area contributed by atoms with Gasteiger partial charge in [0.05, 0.1) is 12.8 Å². The Morgan fingerprint density at radius 3 is 2.76 bits per heavy atom. The highest BCUT2D eigenvalue weighted by atomic mass is 35.5. The average molecular weight is 309 g/mol. The number of rotatable bonds is 4. The number of carbonyl (C=O) groups excluding carboxylic acids is 1. The van der Waals surface area contributed by atoms with E-state index in [0.717, 1.165) is 5.56 Å². The number of urea groups is 1. The Kier molecular flexibility index (Phi) is 5.51. The molecular weight excluding hydrogens is 288 g/mol. The number of aryl methyl sites for hydroxylation is 1. The summed E-state index contributed by atoms with van der Waals surface area (Å²) in [5.41, 5.74) is 1.49. The van der Waals surface area contributed by atoms with Gasteiger partial charge in [-0.15, -0.1) is 0 Å². The number of hydrogen-bond acceptors (Lipinski definition) is 2. The number of nitrogens with one attached hydrogen (secondary N) is 2. The second-order valence-corrected chi connectivity index (χ2v) is 5.71. The third-order valence-electron chi connectivity index (χ3n) is 3.71. The summed E-state index contributed by atoms with van der Waals surface area (Å²) in [6, 6.07) is 3.20. The Labute approximate surface area is 130 Å². The van der Waals surface area contributed by atoms with E-state index in [-0.39, 0.29) is 6.03 Å². The van der Waals surface area contributed by atoms with Crippen LogP contribution in [0.2, 0.25) is 5.02 Å². The minimum atomic E-state index is -0.288. The van der Waals surface area contributed by atoms with E-state index in [1.807, 2.05) is 6.92 Å². The van der Waals surface area contributed by atoms with E-state index in [1.54, 1.807) is 25.4 Å². The molecule has 21 heavy (non-hydrogen) atoms. The first-order chi connectivity index (χ1) is 10.1. The molecule has 0 heterocycles. The van der Waals surface area contributed by atoms with Crippen LogP contribution in [0.1, 0.15) is 31.2 Å². The summed E-state index contributed by atoms with van der Waals surface area (Å²) >= 11 is 6.04. The van der Waals surface area contributed by atoms with Gasteiger partial charge >= 0.3 is 6.03 Å². The van der Waals surface area contributed by atoms with Crippen molar-refractivity contribution in [2.75, 3.05) is 12.4 Å². The third-order valence-corrected chi connectivity index (χ3v) is 4.12. The van der Waals surface area contributed by atoms with Crippen molar-refractivity contribution >= 4 is 23.3 Å². The van der Waals surface area contributed by atoms with Crippen molar-refractivity contribution in [3.05, 3.63) is 35.0 Å². The molecule has 5 heteroatoms. The van der Waals surface area contributed by atoms with Gasteiger partial charge in [-0.05, 0) is 37.3 Å². The van der Waals surface area contributed by atoms with Gasteiger partial charge in [-0.1, -0.05) is 30.5 Å². The molecule has 0 aliphatic heterocycles. The van der Waals surface area contributed by atoms with Gasteiger partial charge in [0.15, 0.2) is 0 Å². The van der Waals surface area contributed by atoms with Crippen LogP contribution in [0.15, 0.2) is 24.4 Å². The smallest absolute Gasteiger partial charge is 0.323 e. The van der Waals surface area contributed by atoms with Crippen molar-refractivity contribution in [2.45, 2.75) is 32.6 Å². The van der Waals surface area contributed by atoms with Gasteiger partial charge in [-0.25, -0.2) is 4.79 Å². The number of carbonyl (C=O) groups is 1. The van der Waals surface area contributed by atoms with Gasteiger partial charge < -0.3 is 15.4 Å². The van der Waals surface area contributed by atoms with Gasteiger partial charge in [0.2, 0.25) is 0 Å². The Bertz CT molecular complexity index is 537. The van der Waals surface area contributed by atoms with Crippen LogP contribution in [0.4, 0.5) is 10.5 Å². The van der Waals surface area contributed by atoms with Crippen molar-refractivity contribution in [1.82, 2.24) is 5.32 Å². The highest BCUT2D eigenvalue weighted by Gasteiger charge is 2.12. The van der Waals surface area contributed by atoms with E-state index in [0.29, 0.717) is 22.4 Å². The molecule has 4 nitrogen and oxygen atoms in total. The average Bonchev–Trinajstić information content (AvgIpc) is 2.96. The third kappa shape index (κ3) is 4.39. The summed E-state index contributed by atoms with van der Waals surface area (Å²) in [4.78, 5) is 11.9. The SMILES string of the molecule is COc1cc(Cl)c(C)cc1NC(=O)N/C=C/C1CCCC1. The Balaban J connectivity index is 1.94. The Morgan fingerprint density at radius 1 is 1.38 bits per heavy atom. The van der Waals surface area contributed by atoms with Gasteiger partial charge in [0, 0.05) is 17.3 Å². The van der Waals surface area contributed by atoms with Crippen molar-refractivity contribution in [2.24, 2.45) is 5.92 Å². The molecule has 2 rings (SSSR count). The van der Waals surface area contributed by atoms with Crippen LogP contribution in [0, 0.1) is 12.8 Å². The first-order valence-corrected chi connectivity index (χ1v) is 7.56. The standard InChI is InChI=1S/C16H21ClN2O2/c1-11-9-14(15(21-2)10-13(11)17)19-16(20)18-8-7-12-5-3-4-6-12/h7-10,12H,3-6H2,1-2H3,(H2,18,19,20)/b8-7+. The van der Waals surface area contributed by atoms with Crippen LogP contribution in [0.25, 0.3) is 0 Å². The van der Waals surface area contributed by atoms with Crippen molar-refractivity contribution < 1.29 is 9.53 Å². The van der Waals surface area contributed by atoms with Crippen LogP contribution < -0.4 is 15.4 Å². The lowest BCUT2D eigenvalue weighted by atomic mass is 10.1. The molecule has 0 bridgehead atoms. The highest BCUT2D eigenvalue weighted by Crippen LogP contribution is 2.30. The summed E-state index contributed by atoms with van der Waals surface area (Å²) in [7, 11) is 1.55. The number of methoxy groups -OCH3 is 1. The molecule has 0 saturated heterocycles. The maximum absolute atomic E-state index is 11.9. The molecule has 2 N–H and O–H groups in total. The number of anilines is 1. The maximum atomic E-state index is 11.9. The normalized spacial score (nSPS) is 15.4.